The van der Waals surface area contributed by atoms with E-state index in [2.05, 4.69) is 0 Å². The van der Waals surface area contributed by atoms with Gasteiger partial charge in [0.05, 0.1) is 5.92 Å². The van der Waals surface area contributed by atoms with Gasteiger partial charge in [-0.25, -0.2) is 4.39 Å². The number of amides is 2. The normalized spacial score (nSPS) is 18.1. The molecular formula is C21H20ClFN2O4. The van der Waals surface area contributed by atoms with E-state index >= 15 is 0 Å². The van der Waals surface area contributed by atoms with Crippen molar-refractivity contribution in [3.63, 3.8) is 0 Å². The van der Waals surface area contributed by atoms with E-state index in [4.69, 9.17) is 21.1 Å². The molecule has 1 unspecified atom stereocenters. The van der Waals surface area contributed by atoms with E-state index in [0.717, 1.165) is 0 Å². The van der Waals surface area contributed by atoms with Crippen LogP contribution in [0.2, 0.25) is 5.02 Å². The quantitative estimate of drug-likeness (QED) is 0.764. The maximum Gasteiger partial charge on any atom is 0.228 e. The first-order valence-electron chi connectivity index (χ1n) is 9.32. The molecule has 0 saturated carbocycles. The summed E-state index contributed by atoms with van der Waals surface area (Å²) < 4.78 is 25.1. The smallest absolute Gasteiger partial charge is 0.228 e. The van der Waals surface area contributed by atoms with Crippen molar-refractivity contribution >= 4 is 29.1 Å². The monoisotopic (exact) mass is 418 g/mol. The summed E-state index contributed by atoms with van der Waals surface area (Å²) in [4.78, 5) is 28.4. The Balaban J connectivity index is 1.46. The highest BCUT2D eigenvalue weighted by atomic mass is 35.5. The summed E-state index contributed by atoms with van der Waals surface area (Å²) >= 11 is 6.06. The van der Waals surface area contributed by atoms with E-state index < -0.39 is 11.7 Å². The number of nitrogens with zero attached hydrogens (tertiary/aromatic N) is 2. The maximum absolute atomic E-state index is 14.0. The van der Waals surface area contributed by atoms with Crippen molar-refractivity contribution in [1.29, 1.82) is 0 Å². The highest BCUT2D eigenvalue weighted by Gasteiger charge is 2.37. The number of halogens is 2. The Hall–Kier alpha value is -2.80. The van der Waals surface area contributed by atoms with Crippen LogP contribution in [-0.4, -0.2) is 43.5 Å². The predicted octanol–water partition coefficient (Wildman–Crippen LogP) is 3.26. The number of fused-ring (bicyclic) bond motifs is 1. The van der Waals surface area contributed by atoms with Crippen molar-refractivity contribution < 1.29 is 23.5 Å². The van der Waals surface area contributed by atoms with Gasteiger partial charge in [-0.2, -0.15) is 0 Å². The van der Waals surface area contributed by atoms with Crippen LogP contribution in [0.25, 0.3) is 0 Å². The molecule has 0 N–H and O–H groups in total. The summed E-state index contributed by atoms with van der Waals surface area (Å²) in [5, 5.41) is 0.269. The van der Waals surface area contributed by atoms with Crippen molar-refractivity contribution in [2.75, 3.05) is 31.7 Å². The highest BCUT2D eigenvalue weighted by Crippen LogP contribution is 2.36. The second-order valence-electron chi connectivity index (χ2n) is 7.13. The molecule has 2 aromatic carbocycles. The molecule has 0 spiro atoms. The van der Waals surface area contributed by atoms with Crippen molar-refractivity contribution in [3.05, 3.63) is 52.8 Å². The first kappa shape index (κ1) is 19.5. The number of anilines is 1. The second kappa shape index (κ2) is 7.91. The lowest BCUT2D eigenvalue weighted by Gasteiger charge is -2.23. The summed E-state index contributed by atoms with van der Waals surface area (Å²) in [5.41, 5.74) is 0.924. The molecule has 2 amide bonds. The van der Waals surface area contributed by atoms with E-state index in [-0.39, 0.29) is 41.9 Å². The zero-order valence-electron chi connectivity index (χ0n) is 15.9. The number of carbonyl (C=O) groups excluding carboxylic acids is 2. The van der Waals surface area contributed by atoms with Crippen LogP contribution in [0.4, 0.5) is 10.1 Å². The summed E-state index contributed by atoms with van der Waals surface area (Å²) in [6.07, 6.45) is 0.0998. The van der Waals surface area contributed by atoms with E-state index in [1.807, 2.05) is 0 Å². The number of hydrogen-bond donors (Lipinski definition) is 0. The van der Waals surface area contributed by atoms with Crippen molar-refractivity contribution in [2.45, 2.75) is 13.0 Å². The molecule has 1 atom stereocenters. The maximum atomic E-state index is 14.0. The molecule has 4 rings (SSSR count). The van der Waals surface area contributed by atoms with Crippen LogP contribution in [0.5, 0.6) is 11.5 Å². The molecule has 1 saturated heterocycles. The van der Waals surface area contributed by atoms with E-state index in [1.54, 1.807) is 36.2 Å². The van der Waals surface area contributed by atoms with Gasteiger partial charge >= 0.3 is 0 Å². The number of carbonyl (C=O) groups is 2. The van der Waals surface area contributed by atoms with Crippen LogP contribution >= 0.6 is 11.6 Å². The van der Waals surface area contributed by atoms with Gasteiger partial charge < -0.3 is 19.3 Å². The molecule has 2 aliphatic rings. The molecule has 2 heterocycles. The Morgan fingerprint density at radius 3 is 2.76 bits per heavy atom. The average Bonchev–Trinajstić information content (AvgIpc) is 3.11. The van der Waals surface area contributed by atoms with Gasteiger partial charge in [-0.15, -0.1) is 0 Å². The van der Waals surface area contributed by atoms with Gasteiger partial charge in [0.1, 0.15) is 19.0 Å². The molecule has 152 valence electrons. The Labute approximate surface area is 172 Å². The van der Waals surface area contributed by atoms with Gasteiger partial charge in [0.15, 0.2) is 11.5 Å². The fraction of sp³-hybridized carbons (Fsp3) is 0.333. The van der Waals surface area contributed by atoms with Gasteiger partial charge in [-0.1, -0.05) is 17.7 Å². The van der Waals surface area contributed by atoms with Gasteiger partial charge in [-0.3, -0.25) is 9.59 Å². The van der Waals surface area contributed by atoms with E-state index in [0.29, 0.717) is 30.4 Å². The lowest BCUT2D eigenvalue weighted by atomic mass is 10.1. The lowest BCUT2D eigenvalue weighted by Crippen LogP contribution is -2.34. The molecule has 29 heavy (non-hydrogen) atoms. The topological polar surface area (TPSA) is 59.1 Å². The second-order valence-corrected chi connectivity index (χ2v) is 7.54. The molecule has 0 radical (unpaired) electrons. The summed E-state index contributed by atoms with van der Waals surface area (Å²) in [7, 11) is 1.59. The number of hydrogen-bond acceptors (Lipinski definition) is 4. The Morgan fingerprint density at radius 2 is 2.00 bits per heavy atom. The van der Waals surface area contributed by atoms with E-state index in [9.17, 15) is 14.0 Å². The third kappa shape index (κ3) is 3.87. The van der Waals surface area contributed by atoms with Crippen molar-refractivity contribution in [3.8, 4) is 11.5 Å². The van der Waals surface area contributed by atoms with Crippen LogP contribution < -0.4 is 14.4 Å². The minimum absolute atomic E-state index is 0.0407. The number of rotatable bonds is 4. The Bertz CT molecular complexity index is 947. The molecule has 1 fully saturated rings. The third-order valence-corrected chi connectivity index (χ3v) is 5.50. The highest BCUT2D eigenvalue weighted by molar-refractivity contribution is 6.31. The largest absolute Gasteiger partial charge is 0.486 e. The molecule has 2 aliphatic heterocycles. The zero-order chi connectivity index (χ0) is 20.5. The van der Waals surface area contributed by atoms with Crippen molar-refractivity contribution in [2.24, 2.45) is 5.92 Å². The van der Waals surface area contributed by atoms with Gasteiger partial charge in [0.2, 0.25) is 11.8 Å². The summed E-state index contributed by atoms with van der Waals surface area (Å²) in [5.74, 6) is -0.109. The first-order chi connectivity index (χ1) is 13.9. The summed E-state index contributed by atoms with van der Waals surface area (Å²) in [6, 6.07) is 9.70. The fourth-order valence-electron chi connectivity index (χ4n) is 3.63. The molecule has 0 bridgehead atoms. The predicted molar refractivity (Wildman–Crippen MR) is 106 cm³/mol. The SMILES string of the molecule is CN(Cc1c(F)cccc1Cl)C(=O)C1CC(=O)N(c2ccc3c(c2)OCCO3)C1. The van der Waals surface area contributed by atoms with Crippen LogP contribution in [-0.2, 0) is 16.1 Å². The third-order valence-electron chi connectivity index (χ3n) is 5.14. The van der Waals surface area contributed by atoms with Crippen molar-refractivity contribution in [1.82, 2.24) is 4.90 Å². The lowest BCUT2D eigenvalue weighted by molar-refractivity contribution is -0.135. The number of ether oxygens (including phenoxy) is 2. The minimum atomic E-state index is -0.508. The molecule has 8 heteroatoms. The van der Waals surface area contributed by atoms with Crippen LogP contribution in [0, 0.1) is 11.7 Å². The van der Waals surface area contributed by atoms with Crippen LogP contribution in [0.15, 0.2) is 36.4 Å². The van der Waals surface area contributed by atoms with E-state index in [1.165, 1.54) is 17.0 Å². The molecule has 6 nitrogen and oxygen atoms in total. The van der Waals surface area contributed by atoms with Gasteiger partial charge in [0.25, 0.3) is 0 Å². The fourth-order valence-corrected chi connectivity index (χ4v) is 3.86. The Morgan fingerprint density at radius 1 is 1.24 bits per heavy atom. The summed E-state index contributed by atoms with van der Waals surface area (Å²) in [6.45, 7) is 1.24. The van der Waals surface area contributed by atoms with Gasteiger partial charge in [-0.05, 0) is 24.3 Å². The zero-order valence-corrected chi connectivity index (χ0v) is 16.6. The standard InChI is InChI=1S/C21H20ClFN2O4/c1-24(12-15-16(22)3-2-4-17(15)23)21(27)13-9-20(26)25(11-13)14-5-6-18-19(10-14)29-8-7-28-18/h2-6,10,13H,7-9,11-12H2,1H3. The van der Waals surface area contributed by atoms with Crippen LogP contribution in [0.3, 0.4) is 0 Å². The van der Waals surface area contributed by atoms with Gasteiger partial charge in [0, 0.05) is 48.9 Å². The first-order valence-corrected chi connectivity index (χ1v) is 9.69. The molecule has 2 aromatic rings. The molecule has 0 aliphatic carbocycles. The molecular weight excluding hydrogens is 399 g/mol. The average molecular weight is 419 g/mol. The minimum Gasteiger partial charge on any atom is -0.486 e. The number of benzene rings is 2. The molecule has 0 aromatic heterocycles. The van der Waals surface area contributed by atoms with Crippen LogP contribution in [0.1, 0.15) is 12.0 Å². The Kier molecular flexibility index (Phi) is 5.32.